The highest BCUT2D eigenvalue weighted by atomic mass is 19.2. The summed E-state index contributed by atoms with van der Waals surface area (Å²) in [5.41, 5.74) is 1.13. The lowest BCUT2D eigenvalue weighted by molar-refractivity contribution is -0.117. The standard InChI is InChI=1S/C15H14F2N4O/c16-12-4-3-10-5-7-21(8-11(10)15(12)17)9-14(22)19-13-2-1-6-18-20-13/h1-4,6H,5,7-9H2,(H,19,20,22). The average molecular weight is 304 g/mol. The minimum atomic E-state index is -0.857. The van der Waals surface area contributed by atoms with Gasteiger partial charge in [0.25, 0.3) is 0 Å². The number of carbonyl (C=O) groups excluding carboxylic acids is 1. The Bertz CT molecular complexity index is 693. The van der Waals surface area contributed by atoms with E-state index >= 15 is 0 Å². The van der Waals surface area contributed by atoms with Gasteiger partial charge in [-0.05, 0) is 30.2 Å². The molecule has 2 heterocycles. The van der Waals surface area contributed by atoms with Gasteiger partial charge in [-0.15, -0.1) is 5.10 Å². The van der Waals surface area contributed by atoms with Crippen molar-refractivity contribution in [3.8, 4) is 0 Å². The van der Waals surface area contributed by atoms with Gasteiger partial charge in [0.2, 0.25) is 5.91 Å². The second-order valence-corrected chi connectivity index (χ2v) is 5.12. The highest BCUT2D eigenvalue weighted by molar-refractivity contribution is 5.91. The lowest BCUT2D eigenvalue weighted by atomic mass is 9.99. The molecule has 0 radical (unpaired) electrons. The van der Waals surface area contributed by atoms with Gasteiger partial charge in [-0.1, -0.05) is 6.07 Å². The normalized spacial score (nSPS) is 14.5. The van der Waals surface area contributed by atoms with E-state index in [0.29, 0.717) is 24.3 Å². The van der Waals surface area contributed by atoms with Crippen molar-refractivity contribution in [1.82, 2.24) is 15.1 Å². The van der Waals surface area contributed by atoms with Gasteiger partial charge in [-0.3, -0.25) is 9.69 Å². The van der Waals surface area contributed by atoms with Crippen LogP contribution in [0, 0.1) is 11.6 Å². The fourth-order valence-electron chi connectivity index (χ4n) is 2.51. The zero-order valence-electron chi connectivity index (χ0n) is 11.7. The van der Waals surface area contributed by atoms with Crippen molar-refractivity contribution >= 4 is 11.7 Å². The number of nitrogens with one attached hydrogen (secondary N) is 1. The van der Waals surface area contributed by atoms with Crippen LogP contribution >= 0.6 is 0 Å². The van der Waals surface area contributed by atoms with Gasteiger partial charge in [-0.2, -0.15) is 5.10 Å². The summed E-state index contributed by atoms with van der Waals surface area (Å²) in [6.07, 6.45) is 2.10. The third-order valence-corrected chi connectivity index (χ3v) is 3.58. The van der Waals surface area contributed by atoms with Gasteiger partial charge in [0.1, 0.15) is 0 Å². The smallest absolute Gasteiger partial charge is 0.239 e. The molecule has 1 aromatic heterocycles. The lowest BCUT2D eigenvalue weighted by Crippen LogP contribution is -2.37. The van der Waals surface area contributed by atoms with Gasteiger partial charge in [0.15, 0.2) is 17.5 Å². The first-order chi connectivity index (χ1) is 10.6. The monoisotopic (exact) mass is 304 g/mol. The second-order valence-electron chi connectivity index (χ2n) is 5.12. The summed E-state index contributed by atoms with van der Waals surface area (Å²) in [7, 11) is 0. The number of hydrogen-bond donors (Lipinski definition) is 1. The van der Waals surface area contributed by atoms with Crippen LogP contribution in [0.15, 0.2) is 30.5 Å². The molecule has 0 spiro atoms. The first-order valence-corrected chi connectivity index (χ1v) is 6.89. The highest BCUT2D eigenvalue weighted by Crippen LogP contribution is 2.23. The van der Waals surface area contributed by atoms with Gasteiger partial charge >= 0.3 is 0 Å². The maximum Gasteiger partial charge on any atom is 0.239 e. The molecule has 0 atom stereocenters. The quantitative estimate of drug-likeness (QED) is 0.938. The minimum Gasteiger partial charge on any atom is -0.308 e. The van der Waals surface area contributed by atoms with E-state index in [2.05, 4.69) is 15.5 Å². The minimum absolute atomic E-state index is 0.0893. The predicted molar refractivity (Wildman–Crippen MR) is 76.0 cm³/mol. The maximum absolute atomic E-state index is 13.8. The molecule has 5 nitrogen and oxygen atoms in total. The van der Waals surface area contributed by atoms with E-state index in [1.165, 1.54) is 6.20 Å². The van der Waals surface area contributed by atoms with Crippen molar-refractivity contribution in [2.24, 2.45) is 0 Å². The van der Waals surface area contributed by atoms with Crippen LogP contribution in [0.5, 0.6) is 0 Å². The largest absolute Gasteiger partial charge is 0.308 e. The summed E-state index contributed by atoms with van der Waals surface area (Å²) in [5.74, 6) is -1.58. The van der Waals surface area contributed by atoms with E-state index in [-0.39, 0.29) is 19.0 Å². The van der Waals surface area contributed by atoms with Crippen molar-refractivity contribution in [1.29, 1.82) is 0 Å². The van der Waals surface area contributed by atoms with Crippen LogP contribution < -0.4 is 5.32 Å². The topological polar surface area (TPSA) is 58.1 Å². The Morgan fingerprint density at radius 3 is 2.95 bits per heavy atom. The van der Waals surface area contributed by atoms with Gasteiger partial charge in [0.05, 0.1) is 6.54 Å². The van der Waals surface area contributed by atoms with Crippen LogP contribution in [-0.4, -0.2) is 34.1 Å². The Balaban J connectivity index is 1.65. The SMILES string of the molecule is O=C(CN1CCc2ccc(F)c(F)c2C1)Nc1cccnn1. The number of rotatable bonds is 3. The Hall–Kier alpha value is -2.41. The molecule has 114 valence electrons. The number of carbonyl (C=O) groups is 1. The fourth-order valence-corrected chi connectivity index (χ4v) is 2.51. The van der Waals surface area contributed by atoms with Crippen molar-refractivity contribution < 1.29 is 13.6 Å². The molecule has 1 aromatic carbocycles. The summed E-state index contributed by atoms with van der Waals surface area (Å²) < 4.78 is 27.1. The number of anilines is 1. The van der Waals surface area contributed by atoms with Crippen LogP contribution in [0.4, 0.5) is 14.6 Å². The summed E-state index contributed by atoms with van der Waals surface area (Å²) >= 11 is 0. The summed E-state index contributed by atoms with van der Waals surface area (Å²) in [6, 6.07) is 6.04. The molecule has 0 aliphatic carbocycles. The number of hydrogen-bond acceptors (Lipinski definition) is 4. The molecule has 0 bridgehead atoms. The Morgan fingerprint density at radius 1 is 1.32 bits per heavy atom. The first-order valence-electron chi connectivity index (χ1n) is 6.89. The zero-order valence-corrected chi connectivity index (χ0v) is 11.7. The molecule has 1 aliphatic heterocycles. The fraction of sp³-hybridized carbons (Fsp3) is 0.267. The Morgan fingerprint density at radius 2 is 2.18 bits per heavy atom. The van der Waals surface area contributed by atoms with Crippen molar-refractivity contribution in [2.75, 3.05) is 18.4 Å². The van der Waals surface area contributed by atoms with E-state index in [9.17, 15) is 13.6 Å². The Labute approximate surface area is 126 Å². The Kier molecular flexibility index (Phi) is 4.06. The first kappa shape index (κ1) is 14.5. The molecule has 1 aliphatic rings. The van der Waals surface area contributed by atoms with Crippen LogP contribution in [0.3, 0.4) is 0 Å². The van der Waals surface area contributed by atoms with Crippen molar-refractivity contribution in [3.63, 3.8) is 0 Å². The van der Waals surface area contributed by atoms with Crippen molar-refractivity contribution in [3.05, 3.63) is 53.2 Å². The average Bonchev–Trinajstić information content (AvgIpc) is 2.52. The van der Waals surface area contributed by atoms with E-state index in [0.717, 1.165) is 11.6 Å². The summed E-state index contributed by atoms with van der Waals surface area (Å²) in [6.45, 7) is 0.921. The predicted octanol–water partition coefficient (Wildman–Crippen LogP) is 1.75. The number of nitrogens with zero attached hydrogens (tertiary/aromatic N) is 3. The third-order valence-electron chi connectivity index (χ3n) is 3.58. The molecule has 0 unspecified atom stereocenters. The van der Waals surface area contributed by atoms with Gasteiger partial charge < -0.3 is 5.32 Å². The number of amides is 1. The van der Waals surface area contributed by atoms with E-state index in [1.54, 1.807) is 23.1 Å². The second kappa shape index (κ2) is 6.15. The van der Waals surface area contributed by atoms with Crippen LogP contribution in [-0.2, 0) is 17.8 Å². The molecular formula is C15H14F2N4O. The lowest BCUT2D eigenvalue weighted by Gasteiger charge is -2.28. The van der Waals surface area contributed by atoms with Crippen molar-refractivity contribution in [2.45, 2.75) is 13.0 Å². The number of benzene rings is 1. The summed E-state index contributed by atoms with van der Waals surface area (Å²) in [5, 5.41) is 10.0. The molecule has 2 aromatic rings. The molecule has 0 saturated carbocycles. The molecule has 0 fully saturated rings. The van der Waals surface area contributed by atoms with E-state index in [4.69, 9.17) is 0 Å². The van der Waals surface area contributed by atoms with Crippen LogP contribution in [0.2, 0.25) is 0 Å². The van der Waals surface area contributed by atoms with Gasteiger partial charge in [0, 0.05) is 24.8 Å². The van der Waals surface area contributed by atoms with Crippen LogP contribution in [0.1, 0.15) is 11.1 Å². The van der Waals surface area contributed by atoms with Crippen LogP contribution in [0.25, 0.3) is 0 Å². The molecule has 1 N–H and O–H groups in total. The molecule has 1 amide bonds. The summed E-state index contributed by atoms with van der Waals surface area (Å²) in [4.78, 5) is 13.7. The third kappa shape index (κ3) is 3.09. The molecule has 7 heteroatoms. The molecule has 22 heavy (non-hydrogen) atoms. The van der Waals surface area contributed by atoms with E-state index in [1.807, 2.05) is 0 Å². The molecule has 0 saturated heterocycles. The zero-order chi connectivity index (χ0) is 15.5. The highest BCUT2D eigenvalue weighted by Gasteiger charge is 2.23. The van der Waals surface area contributed by atoms with E-state index < -0.39 is 11.6 Å². The van der Waals surface area contributed by atoms with Gasteiger partial charge in [-0.25, -0.2) is 8.78 Å². The number of halogens is 2. The number of aromatic nitrogens is 2. The maximum atomic E-state index is 13.8. The molecular weight excluding hydrogens is 290 g/mol. The molecule has 3 rings (SSSR count). The number of fused-ring (bicyclic) bond motifs is 1.